The number of nitrogens with one attached hydrogen (secondary N) is 2. The lowest BCUT2D eigenvalue weighted by atomic mass is 10.1. The first-order valence-corrected chi connectivity index (χ1v) is 6.61. The first kappa shape index (κ1) is 16.7. The minimum atomic E-state index is -1.09. The molecule has 0 radical (unpaired) electrons. The quantitative estimate of drug-likeness (QED) is 0.722. The van der Waals surface area contributed by atoms with E-state index in [0.29, 0.717) is 18.5 Å². The smallest absolute Gasteiger partial charge is 0.326 e. The van der Waals surface area contributed by atoms with Crippen LogP contribution >= 0.6 is 0 Å². The molecule has 0 fully saturated rings. The van der Waals surface area contributed by atoms with Crippen LogP contribution < -0.4 is 15.4 Å². The Kier molecular flexibility index (Phi) is 6.45. The zero-order valence-corrected chi connectivity index (χ0v) is 12.0. The van der Waals surface area contributed by atoms with Gasteiger partial charge in [0, 0.05) is 11.8 Å². The lowest BCUT2D eigenvalue weighted by Crippen LogP contribution is -2.42. The summed E-state index contributed by atoms with van der Waals surface area (Å²) in [5.74, 6) is -1.64. The van der Waals surface area contributed by atoms with Gasteiger partial charge < -0.3 is 20.5 Å². The summed E-state index contributed by atoms with van der Waals surface area (Å²) in [6.45, 7) is 1.93. The number of amides is 2. The van der Waals surface area contributed by atoms with Crippen LogP contribution in [0.3, 0.4) is 0 Å². The lowest BCUT2D eigenvalue weighted by molar-refractivity contribution is -0.139. The summed E-state index contributed by atoms with van der Waals surface area (Å²) in [5.41, 5.74) is 0.311. The Morgan fingerprint density at radius 1 is 1.43 bits per heavy atom. The van der Waals surface area contributed by atoms with E-state index in [0.717, 1.165) is 12.5 Å². The van der Waals surface area contributed by atoms with Crippen molar-refractivity contribution in [1.82, 2.24) is 5.32 Å². The predicted octanol–water partition coefficient (Wildman–Crippen LogP) is 2.60. The van der Waals surface area contributed by atoms with E-state index in [1.165, 1.54) is 19.2 Å². The second-order valence-corrected chi connectivity index (χ2v) is 4.48. The first-order chi connectivity index (χ1) is 9.97. The Morgan fingerprint density at radius 2 is 2.14 bits per heavy atom. The zero-order valence-electron chi connectivity index (χ0n) is 12.0. The number of urea groups is 1. The highest BCUT2D eigenvalue weighted by Gasteiger charge is 2.19. The molecule has 0 saturated carbocycles. The molecule has 0 heterocycles. The second kappa shape index (κ2) is 8.08. The standard InChI is InChI=1S/C14H19FN2O4/c1-3-4-5-11(13(18)19)17-14(20)16-9-6-7-10(15)12(8-9)21-2/h6-8,11H,3-5H2,1-2H3,(H,18,19)(H2,16,17,20). The molecule has 3 N–H and O–H groups in total. The normalized spacial score (nSPS) is 11.6. The van der Waals surface area contributed by atoms with Crippen molar-refractivity contribution in [2.45, 2.75) is 32.2 Å². The summed E-state index contributed by atoms with van der Waals surface area (Å²) >= 11 is 0. The number of halogens is 1. The molecule has 2 amide bonds. The number of hydrogen-bond donors (Lipinski definition) is 3. The lowest BCUT2D eigenvalue weighted by Gasteiger charge is -2.15. The monoisotopic (exact) mass is 298 g/mol. The maximum absolute atomic E-state index is 13.2. The van der Waals surface area contributed by atoms with E-state index in [-0.39, 0.29) is 5.75 Å². The molecule has 21 heavy (non-hydrogen) atoms. The number of carbonyl (C=O) groups excluding carboxylic acids is 1. The molecule has 0 bridgehead atoms. The van der Waals surface area contributed by atoms with Crippen LogP contribution in [0.4, 0.5) is 14.9 Å². The Balaban J connectivity index is 2.65. The molecule has 0 aromatic heterocycles. The van der Waals surface area contributed by atoms with Gasteiger partial charge in [-0.1, -0.05) is 19.8 Å². The van der Waals surface area contributed by atoms with Crippen LogP contribution in [0, 0.1) is 5.82 Å². The maximum atomic E-state index is 13.2. The van der Waals surface area contributed by atoms with Gasteiger partial charge in [-0.15, -0.1) is 0 Å². The topological polar surface area (TPSA) is 87.7 Å². The summed E-state index contributed by atoms with van der Waals surface area (Å²) in [6.07, 6.45) is 1.88. The van der Waals surface area contributed by atoms with Gasteiger partial charge in [-0.3, -0.25) is 0 Å². The van der Waals surface area contributed by atoms with Gasteiger partial charge >= 0.3 is 12.0 Å². The molecule has 1 aromatic carbocycles. The first-order valence-electron chi connectivity index (χ1n) is 6.61. The van der Waals surface area contributed by atoms with Crippen LogP contribution in [0.1, 0.15) is 26.2 Å². The van der Waals surface area contributed by atoms with E-state index in [9.17, 15) is 14.0 Å². The molecule has 1 aromatic rings. The van der Waals surface area contributed by atoms with Crippen molar-refractivity contribution >= 4 is 17.7 Å². The Labute approximate surface area is 122 Å². The number of methoxy groups -OCH3 is 1. The summed E-state index contributed by atoms with van der Waals surface area (Å²) in [6, 6.07) is 2.22. The molecule has 0 aliphatic carbocycles. The fourth-order valence-electron chi connectivity index (χ4n) is 1.73. The number of carbonyl (C=O) groups is 2. The number of hydrogen-bond acceptors (Lipinski definition) is 3. The molecule has 1 rings (SSSR count). The number of rotatable bonds is 7. The minimum Gasteiger partial charge on any atom is -0.494 e. The summed E-state index contributed by atoms with van der Waals surface area (Å²) in [5, 5.41) is 13.8. The van der Waals surface area contributed by atoms with Crippen molar-refractivity contribution in [3.8, 4) is 5.75 Å². The molecule has 0 aliphatic rings. The van der Waals surface area contributed by atoms with E-state index in [4.69, 9.17) is 9.84 Å². The third-order valence-corrected chi connectivity index (χ3v) is 2.86. The van der Waals surface area contributed by atoms with Crippen LogP contribution in [-0.4, -0.2) is 30.3 Å². The minimum absolute atomic E-state index is 0.00596. The maximum Gasteiger partial charge on any atom is 0.326 e. The number of anilines is 1. The van der Waals surface area contributed by atoms with Crippen LogP contribution in [-0.2, 0) is 4.79 Å². The van der Waals surface area contributed by atoms with E-state index in [1.807, 2.05) is 6.92 Å². The summed E-state index contributed by atoms with van der Waals surface area (Å²) in [7, 11) is 1.31. The van der Waals surface area contributed by atoms with Crippen molar-refractivity contribution in [2.75, 3.05) is 12.4 Å². The Hall–Kier alpha value is -2.31. The molecule has 1 atom stereocenters. The molecular formula is C14H19FN2O4. The molecular weight excluding hydrogens is 279 g/mol. The second-order valence-electron chi connectivity index (χ2n) is 4.48. The van der Waals surface area contributed by atoms with Crippen molar-refractivity contribution in [1.29, 1.82) is 0 Å². The fourth-order valence-corrected chi connectivity index (χ4v) is 1.73. The molecule has 0 saturated heterocycles. The van der Waals surface area contributed by atoms with Crippen molar-refractivity contribution in [3.63, 3.8) is 0 Å². The van der Waals surface area contributed by atoms with Crippen molar-refractivity contribution in [2.24, 2.45) is 0 Å². The predicted molar refractivity (Wildman–Crippen MR) is 76.1 cm³/mol. The van der Waals surface area contributed by atoms with Gasteiger partial charge in [0.05, 0.1) is 7.11 Å². The highest BCUT2D eigenvalue weighted by atomic mass is 19.1. The number of benzene rings is 1. The van der Waals surface area contributed by atoms with Gasteiger partial charge in [-0.2, -0.15) is 0 Å². The summed E-state index contributed by atoms with van der Waals surface area (Å²) in [4.78, 5) is 22.8. The van der Waals surface area contributed by atoms with Gasteiger partial charge in [-0.25, -0.2) is 14.0 Å². The molecule has 0 aliphatic heterocycles. The van der Waals surface area contributed by atoms with Crippen LogP contribution in [0.25, 0.3) is 0 Å². The average Bonchev–Trinajstić information content (AvgIpc) is 2.45. The average molecular weight is 298 g/mol. The fraction of sp³-hybridized carbons (Fsp3) is 0.429. The molecule has 116 valence electrons. The third-order valence-electron chi connectivity index (χ3n) is 2.86. The van der Waals surface area contributed by atoms with Crippen molar-refractivity contribution < 1.29 is 23.8 Å². The number of carboxylic acids is 1. The van der Waals surface area contributed by atoms with E-state index in [1.54, 1.807) is 0 Å². The highest BCUT2D eigenvalue weighted by molar-refractivity contribution is 5.92. The number of carboxylic acid groups (broad SMARTS) is 1. The third kappa shape index (κ3) is 5.29. The van der Waals surface area contributed by atoms with E-state index < -0.39 is 23.9 Å². The van der Waals surface area contributed by atoms with E-state index in [2.05, 4.69) is 10.6 Å². The van der Waals surface area contributed by atoms with Crippen molar-refractivity contribution in [3.05, 3.63) is 24.0 Å². The number of aliphatic carboxylic acids is 1. The number of ether oxygens (including phenoxy) is 1. The van der Waals surface area contributed by atoms with Crippen LogP contribution in [0.5, 0.6) is 5.75 Å². The van der Waals surface area contributed by atoms with E-state index >= 15 is 0 Å². The van der Waals surface area contributed by atoms with Crippen LogP contribution in [0.15, 0.2) is 18.2 Å². The van der Waals surface area contributed by atoms with Gasteiger partial charge in [0.15, 0.2) is 11.6 Å². The molecule has 6 nitrogen and oxygen atoms in total. The molecule has 0 spiro atoms. The van der Waals surface area contributed by atoms with Gasteiger partial charge in [-0.05, 0) is 18.6 Å². The molecule has 7 heteroatoms. The SMILES string of the molecule is CCCCC(NC(=O)Nc1ccc(F)c(OC)c1)C(=O)O. The Bertz CT molecular complexity index is 508. The zero-order chi connectivity index (χ0) is 15.8. The molecule has 1 unspecified atom stereocenters. The van der Waals surface area contributed by atoms with Gasteiger partial charge in [0.25, 0.3) is 0 Å². The largest absolute Gasteiger partial charge is 0.494 e. The Morgan fingerprint density at radius 3 is 2.71 bits per heavy atom. The number of unbranched alkanes of at least 4 members (excludes halogenated alkanes) is 1. The highest BCUT2D eigenvalue weighted by Crippen LogP contribution is 2.21. The summed E-state index contributed by atoms with van der Waals surface area (Å²) < 4.78 is 18.0. The van der Waals surface area contributed by atoms with Gasteiger partial charge in [0.1, 0.15) is 6.04 Å². The van der Waals surface area contributed by atoms with Gasteiger partial charge in [0.2, 0.25) is 0 Å². The van der Waals surface area contributed by atoms with Crippen LogP contribution in [0.2, 0.25) is 0 Å².